The number of benzene rings is 2. The van der Waals surface area contributed by atoms with Crippen molar-refractivity contribution in [2.75, 3.05) is 0 Å². The standard InChI is InChI=1S/C20H26/c1-2-3-4-5-6-7-8-9-13-18-15-12-16-19-14-10-11-17-20(18)19/h9-17H,2-8H2,1H3/b13-9+. The number of fused-ring (bicyclic) bond motifs is 1. The van der Waals surface area contributed by atoms with E-state index in [0.29, 0.717) is 0 Å². The Balaban J connectivity index is 1.81. The van der Waals surface area contributed by atoms with Gasteiger partial charge in [-0.1, -0.05) is 93.6 Å². The fourth-order valence-corrected chi connectivity index (χ4v) is 2.65. The molecule has 0 heterocycles. The summed E-state index contributed by atoms with van der Waals surface area (Å²) in [6, 6.07) is 15.1. The predicted octanol–water partition coefficient (Wildman–Crippen LogP) is 6.60. The molecule has 2 aromatic carbocycles. The van der Waals surface area contributed by atoms with Gasteiger partial charge in [0.25, 0.3) is 0 Å². The van der Waals surface area contributed by atoms with Gasteiger partial charge in [0.1, 0.15) is 0 Å². The Labute approximate surface area is 123 Å². The monoisotopic (exact) mass is 266 g/mol. The third-order valence-electron chi connectivity index (χ3n) is 3.85. The van der Waals surface area contributed by atoms with E-state index in [0.717, 1.165) is 0 Å². The molecule has 0 fully saturated rings. The van der Waals surface area contributed by atoms with Crippen LogP contribution in [0.1, 0.15) is 57.4 Å². The van der Waals surface area contributed by atoms with Crippen LogP contribution in [0.3, 0.4) is 0 Å². The summed E-state index contributed by atoms with van der Waals surface area (Å²) in [5, 5.41) is 2.68. The van der Waals surface area contributed by atoms with Crippen molar-refractivity contribution in [1.29, 1.82) is 0 Å². The molecule has 2 aromatic rings. The highest BCUT2D eigenvalue weighted by Gasteiger charge is 1.95. The third kappa shape index (κ3) is 4.52. The van der Waals surface area contributed by atoms with E-state index < -0.39 is 0 Å². The molecule has 2 rings (SSSR count). The molecule has 0 radical (unpaired) electrons. The van der Waals surface area contributed by atoms with Crippen LogP contribution in [-0.4, -0.2) is 0 Å². The van der Waals surface area contributed by atoms with E-state index in [1.807, 2.05) is 0 Å². The SMILES string of the molecule is CCCCCCCC/C=C/c1cccc2ccccc12. The molecule has 0 aliphatic rings. The Morgan fingerprint density at radius 1 is 0.800 bits per heavy atom. The van der Waals surface area contributed by atoms with Crippen LogP contribution in [0.25, 0.3) is 16.8 Å². The van der Waals surface area contributed by atoms with Crippen LogP contribution in [-0.2, 0) is 0 Å². The zero-order chi connectivity index (χ0) is 14.0. The van der Waals surface area contributed by atoms with Crippen LogP contribution in [0.15, 0.2) is 48.5 Å². The summed E-state index contributed by atoms with van der Waals surface area (Å²) in [5.74, 6) is 0. The van der Waals surface area contributed by atoms with E-state index in [1.54, 1.807) is 0 Å². The molecular formula is C20H26. The first-order valence-electron chi connectivity index (χ1n) is 8.06. The molecule has 0 atom stereocenters. The topological polar surface area (TPSA) is 0 Å². The number of rotatable bonds is 8. The average molecular weight is 266 g/mol. The molecule has 0 heteroatoms. The second kappa shape index (κ2) is 8.58. The summed E-state index contributed by atoms with van der Waals surface area (Å²) in [7, 11) is 0. The van der Waals surface area contributed by atoms with Gasteiger partial charge in [-0.25, -0.2) is 0 Å². The van der Waals surface area contributed by atoms with Crippen molar-refractivity contribution < 1.29 is 0 Å². The number of unbranched alkanes of at least 4 members (excludes halogenated alkanes) is 6. The first-order valence-corrected chi connectivity index (χ1v) is 8.06. The van der Waals surface area contributed by atoms with E-state index in [2.05, 4.69) is 61.5 Å². The third-order valence-corrected chi connectivity index (χ3v) is 3.85. The van der Waals surface area contributed by atoms with Crippen molar-refractivity contribution in [3.63, 3.8) is 0 Å². The van der Waals surface area contributed by atoms with Gasteiger partial charge in [0.15, 0.2) is 0 Å². The fraction of sp³-hybridized carbons (Fsp3) is 0.400. The van der Waals surface area contributed by atoms with E-state index in [1.165, 1.54) is 61.3 Å². The Kier molecular flexibility index (Phi) is 6.37. The zero-order valence-corrected chi connectivity index (χ0v) is 12.6. The van der Waals surface area contributed by atoms with Crippen LogP contribution >= 0.6 is 0 Å². The van der Waals surface area contributed by atoms with Crippen LogP contribution in [0.2, 0.25) is 0 Å². The molecule has 0 amide bonds. The molecule has 0 bridgehead atoms. The molecule has 0 saturated carbocycles. The molecule has 0 unspecified atom stereocenters. The number of hydrogen-bond acceptors (Lipinski definition) is 0. The van der Waals surface area contributed by atoms with Crippen molar-refractivity contribution >= 4 is 16.8 Å². The quantitative estimate of drug-likeness (QED) is 0.472. The Bertz CT molecular complexity index is 531. The van der Waals surface area contributed by atoms with E-state index in [4.69, 9.17) is 0 Å². The fourth-order valence-electron chi connectivity index (χ4n) is 2.65. The lowest BCUT2D eigenvalue weighted by Gasteiger charge is -2.02. The highest BCUT2D eigenvalue weighted by molar-refractivity contribution is 5.90. The largest absolute Gasteiger partial charge is 0.0839 e. The minimum Gasteiger partial charge on any atom is -0.0839 e. The summed E-state index contributed by atoms with van der Waals surface area (Å²) in [6.45, 7) is 2.27. The highest BCUT2D eigenvalue weighted by Crippen LogP contribution is 2.20. The Morgan fingerprint density at radius 2 is 1.55 bits per heavy atom. The van der Waals surface area contributed by atoms with Crippen molar-refractivity contribution in [1.82, 2.24) is 0 Å². The summed E-state index contributed by atoms with van der Waals surface area (Å²) >= 11 is 0. The lowest BCUT2D eigenvalue weighted by atomic mass is 10.0. The number of allylic oxidation sites excluding steroid dienone is 1. The van der Waals surface area contributed by atoms with E-state index in [-0.39, 0.29) is 0 Å². The van der Waals surface area contributed by atoms with Crippen molar-refractivity contribution in [2.45, 2.75) is 51.9 Å². The maximum absolute atomic E-state index is 2.33. The normalized spacial score (nSPS) is 11.4. The van der Waals surface area contributed by atoms with E-state index >= 15 is 0 Å². The van der Waals surface area contributed by atoms with Crippen LogP contribution < -0.4 is 0 Å². The summed E-state index contributed by atoms with van der Waals surface area (Å²) in [5.41, 5.74) is 1.34. The first-order chi connectivity index (χ1) is 9.92. The van der Waals surface area contributed by atoms with Crippen molar-refractivity contribution in [3.05, 3.63) is 54.1 Å². The van der Waals surface area contributed by atoms with Crippen LogP contribution in [0.5, 0.6) is 0 Å². The maximum atomic E-state index is 2.33. The minimum absolute atomic E-state index is 1.20. The second-order valence-corrected chi connectivity index (χ2v) is 5.53. The van der Waals surface area contributed by atoms with Gasteiger partial charge in [-0.15, -0.1) is 0 Å². The van der Waals surface area contributed by atoms with Gasteiger partial charge < -0.3 is 0 Å². The molecule has 0 saturated heterocycles. The summed E-state index contributed by atoms with van der Waals surface area (Å²) in [4.78, 5) is 0. The van der Waals surface area contributed by atoms with Gasteiger partial charge in [-0.05, 0) is 29.2 Å². The molecule has 0 N–H and O–H groups in total. The molecule has 106 valence electrons. The van der Waals surface area contributed by atoms with E-state index in [9.17, 15) is 0 Å². The molecule has 0 spiro atoms. The van der Waals surface area contributed by atoms with Crippen LogP contribution in [0.4, 0.5) is 0 Å². The van der Waals surface area contributed by atoms with Crippen LogP contribution in [0, 0.1) is 0 Å². The summed E-state index contributed by atoms with van der Waals surface area (Å²) in [6.07, 6.45) is 14.1. The minimum atomic E-state index is 1.20. The molecule has 20 heavy (non-hydrogen) atoms. The van der Waals surface area contributed by atoms with Gasteiger partial charge in [0.2, 0.25) is 0 Å². The molecular weight excluding hydrogens is 240 g/mol. The smallest absolute Gasteiger partial charge is 0.0112 e. The van der Waals surface area contributed by atoms with Gasteiger partial charge in [-0.2, -0.15) is 0 Å². The molecule has 0 aromatic heterocycles. The Hall–Kier alpha value is -1.56. The lowest BCUT2D eigenvalue weighted by molar-refractivity contribution is 0.611. The Morgan fingerprint density at radius 3 is 2.45 bits per heavy atom. The molecule has 0 nitrogen and oxygen atoms in total. The predicted molar refractivity (Wildman–Crippen MR) is 91.0 cm³/mol. The van der Waals surface area contributed by atoms with Gasteiger partial charge >= 0.3 is 0 Å². The van der Waals surface area contributed by atoms with Crippen molar-refractivity contribution in [3.8, 4) is 0 Å². The van der Waals surface area contributed by atoms with Gasteiger partial charge in [0, 0.05) is 0 Å². The maximum Gasteiger partial charge on any atom is -0.0112 e. The lowest BCUT2D eigenvalue weighted by Crippen LogP contribution is -1.79. The molecule has 0 aliphatic carbocycles. The molecule has 0 aliphatic heterocycles. The summed E-state index contributed by atoms with van der Waals surface area (Å²) < 4.78 is 0. The first kappa shape index (κ1) is 14.8. The average Bonchev–Trinajstić information content (AvgIpc) is 2.50. The number of hydrogen-bond donors (Lipinski definition) is 0. The van der Waals surface area contributed by atoms with Crippen molar-refractivity contribution in [2.24, 2.45) is 0 Å². The zero-order valence-electron chi connectivity index (χ0n) is 12.6. The second-order valence-electron chi connectivity index (χ2n) is 5.53. The highest BCUT2D eigenvalue weighted by atomic mass is 14.0. The van der Waals surface area contributed by atoms with Gasteiger partial charge in [-0.3, -0.25) is 0 Å². The van der Waals surface area contributed by atoms with Gasteiger partial charge in [0.05, 0.1) is 0 Å².